The first-order chi connectivity index (χ1) is 22.6. The highest BCUT2D eigenvalue weighted by molar-refractivity contribution is 7.07. The normalized spacial score (nSPS) is 16.9. The minimum Gasteiger partial charge on any atom is -0.406 e. The Kier molecular flexibility index (Phi) is 9.31. The second-order valence-corrected chi connectivity index (χ2v) is 12.6. The van der Waals surface area contributed by atoms with E-state index in [2.05, 4.69) is 61.7 Å². The van der Waals surface area contributed by atoms with E-state index in [1.807, 2.05) is 36.6 Å². The number of rotatable bonds is 8. The highest BCUT2D eigenvalue weighted by Crippen LogP contribution is 2.35. The van der Waals surface area contributed by atoms with Gasteiger partial charge in [-0.1, -0.05) is 56.2 Å². The molecule has 244 valence electrons. The highest BCUT2D eigenvalue weighted by atomic mass is 32.1. The summed E-state index contributed by atoms with van der Waals surface area (Å²) in [5.74, 6) is 0.328. The van der Waals surface area contributed by atoms with E-state index in [0.29, 0.717) is 16.3 Å². The molecule has 1 aliphatic rings. The number of benzene rings is 3. The fourth-order valence-electron chi connectivity index (χ4n) is 6.14. The molecular weight excluding hydrogens is 625 g/mol. The van der Waals surface area contributed by atoms with E-state index in [0.717, 1.165) is 60.2 Å². The van der Waals surface area contributed by atoms with E-state index in [-0.39, 0.29) is 23.7 Å². The van der Waals surface area contributed by atoms with Crippen molar-refractivity contribution in [1.29, 1.82) is 0 Å². The summed E-state index contributed by atoms with van der Waals surface area (Å²) in [6.45, 7) is 6.27. The topological polar surface area (TPSA) is 86.3 Å². The van der Waals surface area contributed by atoms with E-state index < -0.39 is 6.36 Å². The van der Waals surface area contributed by atoms with Crippen molar-refractivity contribution >= 4 is 17.4 Å². The Morgan fingerprint density at radius 1 is 1.06 bits per heavy atom. The van der Waals surface area contributed by atoms with Gasteiger partial charge in [-0.2, -0.15) is 4.99 Å². The number of alkyl halides is 3. The zero-order chi connectivity index (χ0) is 33.1. The smallest absolute Gasteiger partial charge is 0.406 e. The first-order valence-electron chi connectivity index (χ1n) is 15.6. The molecule has 1 fully saturated rings. The molecule has 5 aromatic rings. The summed E-state index contributed by atoms with van der Waals surface area (Å²) in [5, 5.41) is 9.72. The summed E-state index contributed by atoms with van der Waals surface area (Å²) in [6, 6.07) is 19.5. The molecule has 0 bridgehead atoms. The highest BCUT2D eigenvalue weighted by Gasteiger charge is 2.31. The number of aromatic nitrogens is 4. The Bertz CT molecular complexity index is 1930. The first kappa shape index (κ1) is 32.2. The Hall–Kier alpha value is -4.71. The van der Waals surface area contributed by atoms with Crippen LogP contribution in [0.15, 0.2) is 83.4 Å². The second-order valence-electron chi connectivity index (χ2n) is 11.8. The van der Waals surface area contributed by atoms with Gasteiger partial charge in [-0.3, -0.25) is 4.57 Å². The molecule has 1 saturated carbocycles. The molecule has 2 aromatic heterocycles. The van der Waals surface area contributed by atoms with E-state index in [1.54, 1.807) is 0 Å². The molecule has 2 atom stereocenters. The molecule has 12 heteroatoms. The second kappa shape index (κ2) is 13.6. The Labute approximate surface area is 274 Å². The molecule has 2 heterocycles. The van der Waals surface area contributed by atoms with Gasteiger partial charge in [0.25, 0.3) is 0 Å². The van der Waals surface area contributed by atoms with Gasteiger partial charge in [-0.25, -0.2) is 14.5 Å². The number of thiazole rings is 1. The van der Waals surface area contributed by atoms with Crippen LogP contribution in [0.1, 0.15) is 60.9 Å². The molecule has 0 radical (unpaired) electrons. The van der Waals surface area contributed by atoms with Crippen LogP contribution in [0.4, 0.5) is 18.0 Å². The molecule has 1 N–H and O–H groups in total. The van der Waals surface area contributed by atoms with Gasteiger partial charge in [-0.05, 0) is 80.1 Å². The SMILES string of the molecule is CCCc1ccc(C)cc1-n1c(C)csc1=NC(=O)NC1CCCC1c1ccc(-c2ncn(-c3ccc(OC(F)(F)F)cc3)n2)cc1. The summed E-state index contributed by atoms with van der Waals surface area (Å²) in [4.78, 5) is 22.9. The van der Waals surface area contributed by atoms with Gasteiger partial charge in [0.1, 0.15) is 12.1 Å². The average molecular weight is 661 g/mol. The molecule has 8 nitrogen and oxygen atoms in total. The molecular formula is C35H35F3N6O2S. The van der Waals surface area contributed by atoms with E-state index in [9.17, 15) is 18.0 Å². The molecule has 0 spiro atoms. The maximum absolute atomic E-state index is 13.3. The molecule has 2 amide bonds. The quantitative estimate of drug-likeness (QED) is 0.182. The number of hydrogen-bond donors (Lipinski definition) is 1. The van der Waals surface area contributed by atoms with Crippen LogP contribution in [0.3, 0.4) is 0 Å². The van der Waals surface area contributed by atoms with Gasteiger partial charge in [0.05, 0.1) is 11.4 Å². The zero-order valence-electron chi connectivity index (χ0n) is 26.3. The van der Waals surface area contributed by atoms with Crippen LogP contribution < -0.4 is 14.9 Å². The third kappa shape index (κ3) is 7.48. The maximum Gasteiger partial charge on any atom is 0.573 e. The van der Waals surface area contributed by atoms with Crippen molar-refractivity contribution in [3.8, 4) is 28.5 Å². The van der Waals surface area contributed by atoms with Gasteiger partial charge in [0.2, 0.25) is 0 Å². The van der Waals surface area contributed by atoms with Gasteiger partial charge in [0, 0.05) is 28.6 Å². The molecule has 1 aliphatic carbocycles. The molecule has 2 unspecified atom stereocenters. The van der Waals surface area contributed by atoms with Crippen molar-refractivity contribution in [2.45, 2.75) is 71.2 Å². The van der Waals surface area contributed by atoms with Gasteiger partial charge in [-0.15, -0.1) is 29.6 Å². The Morgan fingerprint density at radius 2 is 1.83 bits per heavy atom. The zero-order valence-corrected chi connectivity index (χ0v) is 27.1. The summed E-state index contributed by atoms with van der Waals surface area (Å²) in [5.41, 5.74) is 6.96. The fraction of sp³-hybridized carbons (Fsp3) is 0.314. The third-order valence-corrected chi connectivity index (χ3v) is 9.27. The average Bonchev–Trinajstić information content (AvgIpc) is 3.79. The van der Waals surface area contributed by atoms with E-state index >= 15 is 0 Å². The predicted molar refractivity (Wildman–Crippen MR) is 175 cm³/mol. The number of urea groups is 1. The lowest BCUT2D eigenvalue weighted by atomic mass is 9.93. The number of nitrogens with one attached hydrogen (secondary N) is 1. The number of ether oxygens (including phenoxy) is 1. The molecule has 0 saturated heterocycles. The minimum absolute atomic E-state index is 0.0390. The standard InChI is InChI=1S/C35H35F3N6O2S/c1-4-6-25-10-9-22(2)19-31(25)44-23(3)20-47-34(44)41-33(45)40-30-8-5-7-29(30)24-11-13-26(14-12-24)32-39-21-43(42-32)27-15-17-28(18-16-27)46-35(36,37)38/h9-21,29-30H,4-8H2,1-3H3,(H,40,45). The minimum atomic E-state index is -4.75. The number of amides is 2. The summed E-state index contributed by atoms with van der Waals surface area (Å²) >= 11 is 1.46. The lowest BCUT2D eigenvalue weighted by Crippen LogP contribution is -2.36. The number of aryl methyl sites for hydroxylation is 3. The predicted octanol–water partition coefficient (Wildman–Crippen LogP) is 8.20. The number of nitrogens with zero attached hydrogens (tertiary/aromatic N) is 5. The number of hydrogen-bond acceptors (Lipinski definition) is 5. The van der Waals surface area contributed by atoms with Crippen LogP contribution in [-0.4, -0.2) is 37.8 Å². The summed E-state index contributed by atoms with van der Waals surface area (Å²) < 4.78 is 44.9. The Morgan fingerprint density at radius 3 is 2.55 bits per heavy atom. The monoisotopic (exact) mass is 660 g/mol. The van der Waals surface area contributed by atoms with Crippen molar-refractivity contribution in [1.82, 2.24) is 24.6 Å². The lowest BCUT2D eigenvalue weighted by molar-refractivity contribution is -0.274. The lowest BCUT2D eigenvalue weighted by Gasteiger charge is -2.20. The summed E-state index contributed by atoms with van der Waals surface area (Å²) in [6.07, 6.45) is 1.55. The van der Waals surface area contributed by atoms with E-state index in [4.69, 9.17) is 0 Å². The number of halogens is 3. The molecule has 3 aromatic carbocycles. The van der Waals surface area contributed by atoms with Gasteiger partial charge in [0.15, 0.2) is 10.6 Å². The van der Waals surface area contributed by atoms with Crippen LogP contribution in [-0.2, 0) is 6.42 Å². The molecule has 0 aliphatic heterocycles. The van der Waals surface area contributed by atoms with Crippen LogP contribution >= 0.6 is 11.3 Å². The van der Waals surface area contributed by atoms with Crippen molar-refractivity contribution in [2.24, 2.45) is 4.99 Å². The largest absolute Gasteiger partial charge is 0.573 e. The number of carbonyl (C=O) groups is 1. The number of carbonyl (C=O) groups excluding carboxylic acids is 1. The third-order valence-electron chi connectivity index (χ3n) is 8.33. The van der Waals surface area contributed by atoms with Gasteiger partial charge >= 0.3 is 12.4 Å². The van der Waals surface area contributed by atoms with Gasteiger partial charge < -0.3 is 10.1 Å². The summed E-state index contributed by atoms with van der Waals surface area (Å²) in [7, 11) is 0. The van der Waals surface area contributed by atoms with Crippen molar-refractivity contribution in [3.63, 3.8) is 0 Å². The fourth-order valence-corrected chi connectivity index (χ4v) is 7.00. The first-order valence-corrected chi connectivity index (χ1v) is 16.5. The van der Waals surface area contributed by atoms with Crippen molar-refractivity contribution in [3.05, 3.63) is 106 Å². The maximum atomic E-state index is 13.3. The van der Waals surface area contributed by atoms with Crippen molar-refractivity contribution in [2.75, 3.05) is 0 Å². The van der Waals surface area contributed by atoms with Crippen LogP contribution in [0.25, 0.3) is 22.8 Å². The van der Waals surface area contributed by atoms with Crippen LogP contribution in [0.5, 0.6) is 5.75 Å². The molecule has 47 heavy (non-hydrogen) atoms. The van der Waals surface area contributed by atoms with E-state index in [1.165, 1.54) is 52.2 Å². The van der Waals surface area contributed by atoms with Crippen LogP contribution in [0, 0.1) is 13.8 Å². The van der Waals surface area contributed by atoms with Crippen LogP contribution in [0.2, 0.25) is 0 Å². The molecule has 6 rings (SSSR count). The Balaban J connectivity index is 1.15. The van der Waals surface area contributed by atoms with Crippen molar-refractivity contribution < 1.29 is 22.7 Å².